The van der Waals surface area contributed by atoms with Gasteiger partial charge in [0.15, 0.2) is 0 Å². The number of nitrogens with one attached hydrogen (secondary N) is 3. The van der Waals surface area contributed by atoms with Crippen LogP contribution in [-0.2, 0) is 11.2 Å². The molecule has 3 aromatic rings. The van der Waals surface area contributed by atoms with E-state index in [1.54, 1.807) is 11.8 Å². The van der Waals surface area contributed by atoms with Crippen LogP contribution in [0.25, 0.3) is 10.9 Å². The van der Waals surface area contributed by atoms with Gasteiger partial charge < -0.3 is 10.1 Å². The maximum atomic E-state index is 11.8. The third-order valence-corrected chi connectivity index (χ3v) is 5.72. The molecule has 1 aliphatic rings. The van der Waals surface area contributed by atoms with Crippen LogP contribution in [0.4, 0.5) is 0 Å². The van der Waals surface area contributed by atoms with E-state index in [9.17, 15) is 9.90 Å². The highest BCUT2D eigenvalue weighted by molar-refractivity contribution is 7.98. The Morgan fingerprint density at radius 1 is 1.29 bits per heavy atom. The Morgan fingerprint density at radius 2 is 2.07 bits per heavy atom. The van der Waals surface area contributed by atoms with Crippen molar-refractivity contribution in [2.75, 3.05) is 6.26 Å². The predicted molar refractivity (Wildman–Crippen MR) is 113 cm³/mol. The quantitative estimate of drug-likeness (QED) is 0.462. The average molecular weight is 395 g/mol. The third kappa shape index (κ3) is 3.90. The van der Waals surface area contributed by atoms with Crippen molar-refractivity contribution in [3.05, 3.63) is 65.9 Å². The maximum Gasteiger partial charge on any atom is 0.321 e. The van der Waals surface area contributed by atoms with Gasteiger partial charge in [0.05, 0.1) is 11.9 Å². The number of hydrazone groups is 1. The molecule has 0 fully saturated rings. The maximum absolute atomic E-state index is 11.8. The smallest absolute Gasteiger partial charge is 0.321 e. The van der Waals surface area contributed by atoms with Crippen LogP contribution >= 0.6 is 11.8 Å². The second-order valence-corrected chi connectivity index (χ2v) is 7.67. The van der Waals surface area contributed by atoms with Crippen LogP contribution in [0, 0.1) is 0 Å². The van der Waals surface area contributed by atoms with Crippen molar-refractivity contribution in [3.8, 4) is 0 Å². The molecule has 2 unspecified atom stereocenters. The Kier molecular flexibility index (Phi) is 5.36. The van der Waals surface area contributed by atoms with Gasteiger partial charge in [0.2, 0.25) is 0 Å². The summed E-state index contributed by atoms with van der Waals surface area (Å²) in [7, 11) is 0. The number of thioether (sulfide) groups is 1. The Labute approximate surface area is 167 Å². The third-order valence-electron chi connectivity index (χ3n) is 4.98. The highest BCUT2D eigenvalue weighted by Crippen LogP contribution is 2.20. The molecule has 2 atom stereocenters. The summed E-state index contributed by atoms with van der Waals surface area (Å²) in [5, 5.41) is 18.4. The fourth-order valence-electron chi connectivity index (χ4n) is 3.48. The lowest BCUT2D eigenvalue weighted by Gasteiger charge is -2.19. The SMILES string of the molecule is CSc1ccc(C2=NNC(NC(Cc3c[nH]c4ccccc34)C(=O)O)C2)cc1. The lowest BCUT2D eigenvalue weighted by molar-refractivity contribution is -0.139. The predicted octanol–water partition coefficient (Wildman–Crippen LogP) is 3.20. The van der Waals surface area contributed by atoms with E-state index >= 15 is 0 Å². The number of fused-ring (bicyclic) bond motifs is 1. The number of nitrogens with zero attached hydrogens (tertiary/aromatic N) is 1. The van der Waals surface area contributed by atoms with Gasteiger partial charge in [-0.1, -0.05) is 30.3 Å². The molecule has 28 heavy (non-hydrogen) atoms. The zero-order valence-electron chi connectivity index (χ0n) is 15.5. The summed E-state index contributed by atoms with van der Waals surface area (Å²) in [6.07, 6.45) is 4.76. The van der Waals surface area contributed by atoms with Crippen molar-refractivity contribution in [3.63, 3.8) is 0 Å². The summed E-state index contributed by atoms with van der Waals surface area (Å²) >= 11 is 1.70. The van der Waals surface area contributed by atoms with Crippen molar-refractivity contribution < 1.29 is 9.90 Å². The zero-order chi connectivity index (χ0) is 19.5. The van der Waals surface area contributed by atoms with Crippen LogP contribution < -0.4 is 10.7 Å². The van der Waals surface area contributed by atoms with Gasteiger partial charge in [0.25, 0.3) is 0 Å². The molecule has 0 saturated carbocycles. The van der Waals surface area contributed by atoms with Gasteiger partial charge in [-0.05, 0) is 35.6 Å². The van der Waals surface area contributed by atoms with E-state index in [4.69, 9.17) is 0 Å². The average Bonchev–Trinajstić information content (AvgIpc) is 3.35. The highest BCUT2D eigenvalue weighted by atomic mass is 32.2. The number of rotatable bonds is 7. The molecule has 4 N–H and O–H groups in total. The summed E-state index contributed by atoms with van der Waals surface area (Å²) in [6, 6.07) is 15.5. The Balaban J connectivity index is 1.42. The number of hydrogen-bond acceptors (Lipinski definition) is 5. The highest BCUT2D eigenvalue weighted by Gasteiger charge is 2.26. The molecule has 144 valence electrons. The molecule has 0 radical (unpaired) electrons. The van der Waals surface area contributed by atoms with E-state index in [1.807, 2.05) is 36.7 Å². The van der Waals surface area contributed by atoms with E-state index in [2.05, 4.69) is 45.1 Å². The van der Waals surface area contributed by atoms with E-state index in [0.29, 0.717) is 12.8 Å². The summed E-state index contributed by atoms with van der Waals surface area (Å²) in [6.45, 7) is 0. The second kappa shape index (κ2) is 8.08. The van der Waals surface area contributed by atoms with Crippen molar-refractivity contribution in [2.45, 2.75) is 29.9 Å². The van der Waals surface area contributed by atoms with Gasteiger partial charge in [-0.15, -0.1) is 11.8 Å². The van der Waals surface area contributed by atoms with Crippen LogP contribution in [-0.4, -0.2) is 40.2 Å². The van der Waals surface area contributed by atoms with E-state index in [0.717, 1.165) is 27.7 Å². The van der Waals surface area contributed by atoms with Gasteiger partial charge >= 0.3 is 5.97 Å². The number of carboxylic acids is 1. The zero-order valence-corrected chi connectivity index (χ0v) is 16.3. The summed E-state index contributed by atoms with van der Waals surface area (Å²) in [5.41, 5.74) is 7.02. The van der Waals surface area contributed by atoms with Crippen LogP contribution in [0.5, 0.6) is 0 Å². The first kappa shape index (κ1) is 18.6. The van der Waals surface area contributed by atoms with Gasteiger partial charge in [-0.25, -0.2) is 0 Å². The molecule has 0 aliphatic carbocycles. The number of H-pyrrole nitrogens is 1. The first-order valence-corrected chi connectivity index (χ1v) is 10.4. The number of hydrogen-bond donors (Lipinski definition) is 4. The Hall–Kier alpha value is -2.77. The van der Waals surface area contributed by atoms with Gasteiger partial charge in [0, 0.05) is 34.8 Å². The topological polar surface area (TPSA) is 89.5 Å². The van der Waals surface area contributed by atoms with Crippen molar-refractivity contribution in [1.29, 1.82) is 0 Å². The molecule has 0 spiro atoms. The normalized spacial score (nSPS) is 17.3. The first-order valence-electron chi connectivity index (χ1n) is 9.14. The van der Waals surface area contributed by atoms with Crippen molar-refractivity contribution in [2.24, 2.45) is 5.10 Å². The molecule has 0 saturated heterocycles. The molecular weight excluding hydrogens is 372 g/mol. The summed E-state index contributed by atoms with van der Waals surface area (Å²) in [5.74, 6) is -0.871. The van der Waals surface area contributed by atoms with Crippen LogP contribution in [0.1, 0.15) is 17.5 Å². The molecule has 4 rings (SSSR count). The van der Waals surface area contributed by atoms with E-state index in [1.165, 1.54) is 4.90 Å². The minimum Gasteiger partial charge on any atom is -0.480 e. The van der Waals surface area contributed by atoms with Crippen molar-refractivity contribution in [1.82, 2.24) is 15.7 Å². The first-order chi connectivity index (χ1) is 13.6. The molecule has 1 aliphatic heterocycles. The molecule has 2 heterocycles. The Morgan fingerprint density at radius 3 is 2.82 bits per heavy atom. The number of aromatic amines is 1. The van der Waals surface area contributed by atoms with Gasteiger partial charge in [0.1, 0.15) is 6.04 Å². The minimum absolute atomic E-state index is 0.207. The van der Waals surface area contributed by atoms with Crippen LogP contribution in [0.3, 0.4) is 0 Å². The number of aromatic nitrogens is 1. The molecule has 2 aromatic carbocycles. The minimum atomic E-state index is -0.871. The van der Waals surface area contributed by atoms with E-state index < -0.39 is 12.0 Å². The van der Waals surface area contributed by atoms with Crippen LogP contribution in [0.15, 0.2) is 64.7 Å². The molecule has 1 aromatic heterocycles. The number of carboxylic acid groups (broad SMARTS) is 1. The standard InChI is InChI=1S/C21H22N4O2S/c1-28-15-8-6-13(7-9-15)18-11-20(25-24-18)23-19(21(26)27)10-14-12-22-17-5-3-2-4-16(14)17/h2-9,12,19-20,22-23,25H,10-11H2,1H3,(H,26,27). The lowest BCUT2D eigenvalue weighted by atomic mass is 10.0. The molecule has 6 nitrogen and oxygen atoms in total. The second-order valence-electron chi connectivity index (χ2n) is 6.79. The Bertz CT molecular complexity index is 1010. The molecular formula is C21H22N4O2S. The molecule has 7 heteroatoms. The number of carbonyl (C=O) groups is 1. The monoisotopic (exact) mass is 394 g/mol. The largest absolute Gasteiger partial charge is 0.480 e. The van der Waals surface area contributed by atoms with Gasteiger partial charge in [-0.2, -0.15) is 5.10 Å². The lowest BCUT2D eigenvalue weighted by Crippen LogP contribution is -2.48. The number of aliphatic carboxylic acids is 1. The fraction of sp³-hybridized carbons (Fsp3) is 0.238. The van der Waals surface area contributed by atoms with E-state index in [-0.39, 0.29) is 6.17 Å². The van der Waals surface area contributed by atoms with Gasteiger partial charge in [-0.3, -0.25) is 15.5 Å². The summed E-state index contributed by atoms with van der Waals surface area (Å²) in [4.78, 5) is 16.2. The van der Waals surface area contributed by atoms with Crippen molar-refractivity contribution >= 4 is 34.3 Å². The number of benzene rings is 2. The fourth-order valence-corrected chi connectivity index (χ4v) is 3.89. The molecule has 0 bridgehead atoms. The van der Waals surface area contributed by atoms with Crippen LogP contribution in [0.2, 0.25) is 0 Å². The summed E-state index contributed by atoms with van der Waals surface area (Å²) < 4.78 is 0. The molecule has 0 amide bonds. The number of para-hydroxylation sites is 1.